The van der Waals surface area contributed by atoms with E-state index < -0.39 is 6.10 Å². The smallest absolute Gasteiger partial charge is 0.261 e. The van der Waals surface area contributed by atoms with Gasteiger partial charge in [0.05, 0.1) is 52.5 Å². The average Bonchev–Trinajstić information content (AvgIpc) is 4.18. The number of para-hydroxylation sites is 2. The first-order chi connectivity index (χ1) is 35.6. The minimum Gasteiger partial charge on any atom is -0.480 e. The fraction of sp³-hybridized carbons (Fsp3) is 0.315. The van der Waals surface area contributed by atoms with Crippen molar-refractivity contribution in [2.45, 2.75) is 108 Å². The molecule has 6 heterocycles. The molecule has 73 heavy (non-hydrogen) atoms. The molecule has 0 bridgehead atoms. The molecule has 2 amide bonds. The minimum atomic E-state index is -0.478. The van der Waals surface area contributed by atoms with Crippen LogP contribution in [0.4, 0.5) is 11.6 Å². The van der Waals surface area contributed by atoms with Crippen LogP contribution in [-0.4, -0.2) is 89.8 Å². The number of anilines is 2. The number of nitrogens with one attached hydrogen (secondary N) is 3. The number of amides is 2. The number of imidazole rings is 1. The van der Waals surface area contributed by atoms with Crippen LogP contribution < -0.4 is 26.8 Å². The minimum absolute atomic E-state index is 0.106. The van der Waals surface area contributed by atoms with Gasteiger partial charge in [0.1, 0.15) is 46.9 Å². The Hall–Kier alpha value is -8.29. The molecule has 0 spiro atoms. The maximum Gasteiger partial charge on any atom is 0.261 e. The number of aromatic nitrogens is 10. The van der Waals surface area contributed by atoms with E-state index in [4.69, 9.17) is 26.4 Å². The Bertz CT molecular complexity index is 3430. The molecule has 1 unspecified atom stereocenters. The Morgan fingerprint density at radius 1 is 0.630 bits per heavy atom. The van der Waals surface area contributed by atoms with Gasteiger partial charge >= 0.3 is 0 Å². The van der Waals surface area contributed by atoms with Gasteiger partial charge in [0, 0.05) is 24.2 Å². The van der Waals surface area contributed by atoms with Gasteiger partial charge in [-0.05, 0) is 99.1 Å². The fourth-order valence-corrected chi connectivity index (χ4v) is 10.3. The topological polar surface area (TPSA) is 276 Å². The third-order valence-electron chi connectivity index (χ3n) is 14.3. The first-order valence-corrected chi connectivity index (χ1v) is 24.9. The summed E-state index contributed by atoms with van der Waals surface area (Å²) in [5.74, 6) is 1.29. The number of hydrogen-bond donors (Lipinski definition) is 7. The summed E-state index contributed by atoms with van der Waals surface area (Å²) in [6.07, 6.45) is 11.4. The molecule has 5 aromatic heterocycles. The van der Waals surface area contributed by atoms with Crippen molar-refractivity contribution in [3.63, 3.8) is 0 Å². The highest BCUT2D eigenvalue weighted by atomic mass is 16.5. The highest BCUT2D eigenvalue weighted by Crippen LogP contribution is 2.38. The lowest BCUT2D eigenvalue weighted by Gasteiger charge is -2.25. The number of benzene rings is 4. The third-order valence-corrected chi connectivity index (χ3v) is 14.3. The van der Waals surface area contributed by atoms with Crippen LogP contribution in [-0.2, 0) is 24.3 Å². The summed E-state index contributed by atoms with van der Waals surface area (Å²) >= 11 is 0. The van der Waals surface area contributed by atoms with Gasteiger partial charge in [-0.2, -0.15) is 10.2 Å². The van der Waals surface area contributed by atoms with Gasteiger partial charge in [-0.25, -0.2) is 34.3 Å². The standard InChI is InChI=1S/C28H30N6O3.C26H26N8O2/c29-26-24-25(33-34(27(24)32-16-31-26)20-10-12-21(35)13-11-20)19-7-5-17(6-8-19)15-30-28(36)23-14-9-18-3-1-2-4-22(18)37-23;27-24-21-22(33-34(25(21)32-14-31-24)17-8-10-18(35)11-9-17)16-6-4-15(5-7-16)12-28-26(36)19-2-1-3-20-23(19)30-13-29-20/h1-8,16,20-21,23,35H,9-15H2,(H,30,36)(H2,29,31,32);1-7,13-14,17-18,35H,8-12H2,(H,28,36)(H,29,30)(H2,27,31,32). The van der Waals surface area contributed by atoms with Crippen molar-refractivity contribution < 1.29 is 24.5 Å². The molecule has 3 aliphatic rings. The van der Waals surface area contributed by atoms with Gasteiger partial charge in [-0.1, -0.05) is 72.8 Å². The normalized spacial score (nSPS) is 19.7. The zero-order valence-electron chi connectivity index (χ0n) is 40.1. The van der Waals surface area contributed by atoms with Crippen molar-refractivity contribution in [3.05, 3.63) is 132 Å². The molecule has 9 aromatic rings. The van der Waals surface area contributed by atoms with E-state index in [9.17, 15) is 19.8 Å². The Kier molecular flexibility index (Phi) is 13.2. The molecular formula is C54H56N14O5. The average molecular weight is 981 g/mol. The number of nitrogens with two attached hydrogens (primary N) is 2. The van der Waals surface area contributed by atoms with Gasteiger partial charge in [0.2, 0.25) is 0 Å². The third kappa shape index (κ3) is 9.75. The van der Waals surface area contributed by atoms with Crippen molar-refractivity contribution >= 4 is 56.6 Å². The lowest BCUT2D eigenvalue weighted by atomic mass is 9.93. The summed E-state index contributed by atoms with van der Waals surface area (Å²) < 4.78 is 9.80. The summed E-state index contributed by atoms with van der Waals surface area (Å²) in [5.41, 5.74) is 22.3. The second-order valence-corrected chi connectivity index (χ2v) is 19.1. The van der Waals surface area contributed by atoms with Gasteiger partial charge in [-0.3, -0.25) is 9.59 Å². The summed E-state index contributed by atoms with van der Waals surface area (Å²) in [4.78, 5) is 50.1. The van der Waals surface area contributed by atoms with Crippen molar-refractivity contribution in [2.24, 2.45) is 0 Å². The zero-order chi connectivity index (χ0) is 50.0. The number of aryl methyl sites for hydroxylation is 1. The second-order valence-electron chi connectivity index (χ2n) is 19.1. The largest absolute Gasteiger partial charge is 0.480 e. The number of fused-ring (bicyclic) bond motifs is 4. The molecule has 19 nitrogen and oxygen atoms in total. The highest BCUT2D eigenvalue weighted by molar-refractivity contribution is 6.05. The molecule has 19 heteroatoms. The Morgan fingerprint density at radius 2 is 1.18 bits per heavy atom. The molecule has 372 valence electrons. The number of ether oxygens (including phenoxy) is 1. The predicted octanol–water partition coefficient (Wildman–Crippen LogP) is 6.92. The number of nitrogens with zero attached hydrogens (tertiary/aromatic N) is 9. The predicted molar refractivity (Wildman–Crippen MR) is 276 cm³/mol. The van der Waals surface area contributed by atoms with E-state index in [1.165, 1.54) is 12.7 Å². The molecule has 1 atom stereocenters. The zero-order valence-corrected chi connectivity index (χ0v) is 40.1. The number of carbonyl (C=O) groups is 2. The fourth-order valence-electron chi connectivity index (χ4n) is 10.3. The van der Waals surface area contributed by atoms with Gasteiger partial charge in [0.25, 0.3) is 11.8 Å². The monoisotopic (exact) mass is 980 g/mol. The molecule has 0 saturated heterocycles. The van der Waals surface area contributed by atoms with E-state index in [1.54, 1.807) is 12.4 Å². The van der Waals surface area contributed by atoms with E-state index >= 15 is 0 Å². The van der Waals surface area contributed by atoms with Crippen LogP contribution in [0.15, 0.2) is 110 Å². The van der Waals surface area contributed by atoms with Crippen molar-refractivity contribution in [1.29, 1.82) is 0 Å². The molecule has 4 aromatic carbocycles. The summed E-state index contributed by atoms with van der Waals surface area (Å²) in [6.45, 7) is 0.788. The maximum absolute atomic E-state index is 12.8. The van der Waals surface area contributed by atoms with Gasteiger partial charge in [-0.15, -0.1) is 0 Å². The van der Waals surface area contributed by atoms with Crippen LogP contribution in [0.25, 0.3) is 55.6 Å². The van der Waals surface area contributed by atoms with Crippen LogP contribution in [0.1, 0.15) is 96.9 Å². The summed E-state index contributed by atoms with van der Waals surface area (Å²) in [5, 5.41) is 37.1. The number of H-pyrrole nitrogens is 1. The quantitative estimate of drug-likeness (QED) is 0.0733. The van der Waals surface area contributed by atoms with E-state index in [-0.39, 0.29) is 36.1 Å². The highest BCUT2D eigenvalue weighted by Gasteiger charge is 2.29. The molecular weight excluding hydrogens is 925 g/mol. The Morgan fingerprint density at radius 3 is 1.75 bits per heavy atom. The number of aliphatic hydroxyl groups is 2. The number of rotatable bonds is 10. The number of aliphatic hydroxyl groups excluding tert-OH is 2. The van der Waals surface area contributed by atoms with Crippen LogP contribution in [0.2, 0.25) is 0 Å². The molecule has 2 saturated carbocycles. The van der Waals surface area contributed by atoms with Crippen molar-refractivity contribution in [3.8, 4) is 28.3 Å². The first-order valence-electron chi connectivity index (χ1n) is 24.9. The lowest BCUT2D eigenvalue weighted by molar-refractivity contribution is -0.128. The summed E-state index contributed by atoms with van der Waals surface area (Å²) in [7, 11) is 0. The Labute approximate surface area is 419 Å². The van der Waals surface area contributed by atoms with E-state index in [2.05, 4.69) is 40.5 Å². The Balaban J connectivity index is 0.000000157. The van der Waals surface area contributed by atoms with E-state index in [0.717, 1.165) is 119 Å². The van der Waals surface area contributed by atoms with Crippen LogP contribution in [0.5, 0.6) is 5.75 Å². The molecule has 2 aliphatic carbocycles. The van der Waals surface area contributed by atoms with E-state index in [0.29, 0.717) is 53.5 Å². The van der Waals surface area contributed by atoms with Gasteiger partial charge in [0.15, 0.2) is 17.4 Å². The number of aromatic amines is 1. The SMILES string of the molecule is Nc1ncnc2c1c(-c1ccc(CNC(=O)C3CCc4ccccc4O3)cc1)nn2C1CCC(O)CC1.Nc1ncnc2c1c(-c1ccc(CNC(=O)c3cccc4[nH]cnc34)cc1)nn2C1CCC(O)CC1. The number of nitrogen functional groups attached to an aromatic ring is 2. The van der Waals surface area contributed by atoms with Crippen LogP contribution >= 0.6 is 0 Å². The summed E-state index contributed by atoms with van der Waals surface area (Å²) in [6, 6.07) is 29.5. The molecule has 12 rings (SSSR count). The number of carbonyl (C=O) groups excluding carboxylic acids is 2. The lowest BCUT2D eigenvalue weighted by Crippen LogP contribution is -2.40. The maximum atomic E-state index is 12.8. The van der Waals surface area contributed by atoms with Crippen LogP contribution in [0, 0.1) is 0 Å². The second kappa shape index (κ2) is 20.4. The number of hydrogen-bond acceptors (Lipinski definition) is 14. The van der Waals surface area contributed by atoms with Crippen molar-refractivity contribution in [1.82, 2.24) is 60.1 Å². The first kappa shape index (κ1) is 47.1. The molecule has 0 radical (unpaired) electrons. The van der Waals surface area contributed by atoms with Gasteiger partial charge < -0.3 is 42.0 Å². The molecule has 1 aliphatic heterocycles. The molecule has 9 N–H and O–H groups in total. The van der Waals surface area contributed by atoms with E-state index in [1.807, 2.05) is 94.3 Å². The molecule has 2 fully saturated rings. The van der Waals surface area contributed by atoms with Crippen LogP contribution in [0.3, 0.4) is 0 Å². The van der Waals surface area contributed by atoms with Crippen molar-refractivity contribution in [2.75, 3.05) is 11.5 Å².